The molecule has 0 radical (unpaired) electrons. The third-order valence-corrected chi connectivity index (χ3v) is 3.86. The molecule has 11 heteroatoms. The summed E-state index contributed by atoms with van der Waals surface area (Å²) in [6.45, 7) is 1.52. The number of nitrogens with one attached hydrogen (secondary N) is 2. The molecule has 0 saturated heterocycles. The Bertz CT molecular complexity index is 738. The monoisotopic (exact) mass is 383 g/mol. The first-order valence-corrected chi connectivity index (χ1v) is 7.62. The normalized spacial score (nSPS) is 13.4. The van der Waals surface area contributed by atoms with Gasteiger partial charge in [0.15, 0.2) is 10.8 Å². The Labute approximate surface area is 141 Å². The Morgan fingerprint density at radius 1 is 1.08 bits per heavy atom. The fourth-order valence-corrected chi connectivity index (χ4v) is 2.55. The van der Waals surface area contributed by atoms with E-state index in [1.54, 1.807) is 0 Å². The van der Waals surface area contributed by atoms with E-state index >= 15 is 0 Å². The largest absolute Gasteiger partial charge is 0.434 e. The predicted octanol–water partition coefficient (Wildman–Crippen LogP) is 5.06. The average Bonchev–Trinajstić information content (AvgIpc) is 2.95. The summed E-state index contributed by atoms with van der Waals surface area (Å²) in [7, 11) is 0. The summed E-state index contributed by atoms with van der Waals surface area (Å²) in [6, 6.07) is 2.68. The fraction of sp³-hybridized carbons (Fsp3) is 0.286. The summed E-state index contributed by atoms with van der Waals surface area (Å²) in [5.74, 6) is 0. The minimum absolute atomic E-state index is 0.246. The molecule has 2 amide bonds. The number of amides is 2. The minimum atomic E-state index is -4.61. The third-order valence-electron chi connectivity index (χ3n) is 3.10. The predicted molar refractivity (Wildman–Crippen MR) is 79.1 cm³/mol. The summed E-state index contributed by atoms with van der Waals surface area (Å²) >= 11 is 0.604. The molecule has 0 spiro atoms. The van der Waals surface area contributed by atoms with E-state index in [0.717, 1.165) is 17.5 Å². The maximum absolute atomic E-state index is 12.5. The minimum Gasteiger partial charge on any atom is -0.331 e. The van der Waals surface area contributed by atoms with Crippen molar-refractivity contribution < 1.29 is 31.1 Å². The van der Waals surface area contributed by atoms with E-state index in [9.17, 15) is 31.1 Å². The van der Waals surface area contributed by atoms with E-state index in [1.807, 2.05) is 0 Å². The molecule has 1 aromatic heterocycles. The second-order valence-corrected chi connectivity index (χ2v) is 5.83. The van der Waals surface area contributed by atoms with Crippen LogP contribution in [0.3, 0.4) is 0 Å². The second-order valence-electron chi connectivity index (χ2n) is 4.98. The van der Waals surface area contributed by atoms with Gasteiger partial charge in [-0.2, -0.15) is 26.3 Å². The van der Waals surface area contributed by atoms with Gasteiger partial charge in [-0.15, -0.1) is 11.3 Å². The zero-order valence-corrected chi connectivity index (χ0v) is 13.3. The highest BCUT2D eigenvalue weighted by Crippen LogP contribution is 2.32. The first-order chi connectivity index (χ1) is 11.5. The summed E-state index contributed by atoms with van der Waals surface area (Å²) in [5, 5.41) is 5.07. The Balaban J connectivity index is 1.97. The van der Waals surface area contributed by atoms with Crippen molar-refractivity contribution in [1.29, 1.82) is 0 Å². The zero-order chi connectivity index (χ0) is 18.8. The molecule has 0 fully saturated rings. The summed E-state index contributed by atoms with van der Waals surface area (Å²) in [5.41, 5.74) is -1.54. The molecule has 1 atom stereocenters. The first kappa shape index (κ1) is 19.0. The first-order valence-electron chi connectivity index (χ1n) is 6.74. The van der Waals surface area contributed by atoms with Gasteiger partial charge in [0.1, 0.15) is 0 Å². The number of nitrogens with zero attached hydrogens (tertiary/aromatic N) is 1. The maximum atomic E-state index is 12.5. The molecule has 0 saturated carbocycles. The van der Waals surface area contributed by atoms with Gasteiger partial charge in [-0.25, -0.2) is 9.78 Å². The highest BCUT2D eigenvalue weighted by molar-refractivity contribution is 7.13. The van der Waals surface area contributed by atoms with E-state index in [4.69, 9.17) is 0 Å². The summed E-state index contributed by atoms with van der Waals surface area (Å²) < 4.78 is 74.7. The van der Waals surface area contributed by atoms with Gasteiger partial charge >= 0.3 is 18.4 Å². The van der Waals surface area contributed by atoms with Gasteiger partial charge in [0, 0.05) is 5.38 Å². The molecule has 25 heavy (non-hydrogen) atoms. The number of carbonyl (C=O) groups excluding carboxylic acids is 1. The molecule has 0 bridgehead atoms. The number of hydrogen-bond donors (Lipinski definition) is 2. The quantitative estimate of drug-likeness (QED) is 0.728. The van der Waals surface area contributed by atoms with Gasteiger partial charge in [-0.3, -0.25) is 5.32 Å². The van der Waals surface area contributed by atoms with Crippen LogP contribution in [0, 0.1) is 0 Å². The summed E-state index contributed by atoms with van der Waals surface area (Å²) in [4.78, 5) is 15.0. The van der Waals surface area contributed by atoms with E-state index in [-0.39, 0.29) is 5.13 Å². The lowest BCUT2D eigenvalue weighted by molar-refractivity contribution is -0.140. The van der Waals surface area contributed by atoms with E-state index in [0.29, 0.717) is 16.9 Å². The van der Waals surface area contributed by atoms with Crippen molar-refractivity contribution in [2.24, 2.45) is 0 Å². The number of halogens is 6. The molecular formula is C14H11F6N3OS. The highest BCUT2D eigenvalue weighted by Gasteiger charge is 2.34. The summed E-state index contributed by atoms with van der Waals surface area (Å²) in [6.07, 6.45) is -9.08. The zero-order valence-electron chi connectivity index (χ0n) is 12.5. The molecule has 1 aromatic carbocycles. The van der Waals surface area contributed by atoms with Crippen LogP contribution in [-0.2, 0) is 12.4 Å². The van der Waals surface area contributed by atoms with E-state index in [1.165, 1.54) is 19.1 Å². The number of thiazole rings is 1. The maximum Gasteiger partial charge on any atom is 0.434 e. The van der Waals surface area contributed by atoms with Crippen LogP contribution in [0.1, 0.15) is 29.8 Å². The number of alkyl halides is 6. The van der Waals surface area contributed by atoms with Gasteiger partial charge in [0.25, 0.3) is 0 Å². The van der Waals surface area contributed by atoms with Crippen LogP contribution in [0.25, 0.3) is 0 Å². The standard InChI is InChI=1S/C14H11F6N3OS/c1-7(8-2-4-9(5-3-8)13(15,16)17)21-11(24)23-12-22-10(6-25-12)14(18,19)20/h2-7H,1H3,(H2,21,22,23,24). The number of hydrogen-bond acceptors (Lipinski definition) is 3. The number of carbonyl (C=O) groups is 1. The molecule has 4 nitrogen and oxygen atoms in total. The topological polar surface area (TPSA) is 54.0 Å². The molecule has 1 unspecified atom stereocenters. The van der Waals surface area contributed by atoms with Crippen LogP contribution in [0.5, 0.6) is 0 Å². The molecule has 2 N–H and O–H groups in total. The smallest absolute Gasteiger partial charge is 0.331 e. The van der Waals surface area contributed by atoms with Gasteiger partial charge < -0.3 is 5.32 Å². The third kappa shape index (κ3) is 5.08. The Hall–Kier alpha value is -2.30. The van der Waals surface area contributed by atoms with Crippen molar-refractivity contribution in [1.82, 2.24) is 10.3 Å². The van der Waals surface area contributed by atoms with Gasteiger partial charge in [0.2, 0.25) is 0 Å². The molecule has 0 aliphatic rings. The van der Waals surface area contributed by atoms with Crippen LogP contribution in [0.15, 0.2) is 29.6 Å². The van der Waals surface area contributed by atoms with Gasteiger partial charge in [0.05, 0.1) is 11.6 Å². The van der Waals surface area contributed by atoms with E-state index < -0.39 is 35.7 Å². The van der Waals surface area contributed by atoms with Gasteiger partial charge in [-0.05, 0) is 24.6 Å². The lowest BCUT2D eigenvalue weighted by atomic mass is 10.1. The van der Waals surface area contributed by atoms with Crippen molar-refractivity contribution in [2.75, 3.05) is 5.32 Å². The average molecular weight is 383 g/mol. The Kier molecular flexibility index (Phi) is 5.26. The van der Waals surface area contributed by atoms with Crippen LogP contribution in [0.4, 0.5) is 36.3 Å². The second kappa shape index (κ2) is 6.90. The molecule has 0 aliphatic carbocycles. The number of benzene rings is 1. The lowest BCUT2D eigenvalue weighted by Crippen LogP contribution is -2.31. The van der Waals surface area contributed by atoms with E-state index in [2.05, 4.69) is 15.6 Å². The number of aromatic nitrogens is 1. The van der Waals surface area contributed by atoms with Crippen LogP contribution in [0.2, 0.25) is 0 Å². The Morgan fingerprint density at radius 3 is 2.16 bits per heavy atom. The number of rotatable bonds is 3. The molecule has 136 valence electrons. The molecule has 2 aromatic rings. The lowest BCUT2D eigenvalue weighted by Gasteiger charge is -2.15. The number of urea groups is 1. The van der Waals surface area contributed by atoms with Crippen LogP contribution >= 0.6 is 11.3 Å². The van der Waals surface area contributed by atoms with Crippen molar-refractivity contribution in [3.8, 4) is 0 Å². The van der Waals surface area contributed by atoms with Crippen LogP contribution < -0.4 is 10.6 Å². The van der Waals surface area contributed by atoms with Gasteiger partial charge in [-0.1, -0.05) is 12.1 Å². The van der Waals surface area contributed by atoms with Crippen LogP contribution in [-0.4, -0.2) is 11.0 Å². The fourth-order valence-electron chi connectivity index (χ4n) is 1.84. The van der Waals surface area contributed by atoms with Crippen molar-refractivity contribution >= 4 is 22.5 Å². The SMILES string of the molecule is CC(NC(=O)Nc1nc(C(F)(F)F)cs1)c1ccc(C(F)(F)F)cc1. The highest BCUT2D eigenvalue weighted by atomic mass is 32.1. The van der Waals surface area contributed by atoms with Crippen molar-refractivity contribution in [3.05, 3.63) is 46.5 Å². The van der Waals surface area contributed by atoms with Crippen molar-refractivity contribution in [2.45, 2.75) is 25.3 Å². The number of anilines is 1. The molecular weight excluding hydrogens is 372 g/mol. The Morgan fingerprint density at radius 2 is 1.68 bits per heavy atom. The van der Waals surface area contributed by atoms with Crippen molar-refractivity contribution in [3.63, 3.8) is 0 Å². The molecule has 1 heterocycles. The molecule has 2 rings (SSSR count). The molecule has 0 aliphatic heterocycles.